The van der Waals surface area contributed by atoms with Crippen molar-refractivity contribution in [1.29, 1.82) is 0 Å². The van der Waals surface area contributed by atoms with Gasteiger partial charge in [0, 0.05) is 43.7 Å². The summed E-state index contributed by atoms with van der Waals surface area (Å²) < 4.78 is 274. The van der Waals surface area contributed by atoms with Gasteiger partial charge in [-0.2, -0.15) is 33.7 Å². The zero-order valence-electron chi connectivity index (χ0n) is 42.3. The molecule has 8 rings (SSSR count). The number of aromatic hydroxyl groups is 2. The SMILES string of the molecule is Nc1cc(S(=O)(=O)[O-])cc2cc(S(=O)(=O)[O-])c(/N=N/c3ccc4c(S(=O)(=O)O)cccc4c3S(=O)(=O)O)c(O)c12.Nc1cc(S(=O)(=O)[O-])cc2cc(S(=O)(=O)[O-])c(/N=N/c3ccc4c(S(=O)(=O)O)cccc4c3S(=O)(=O)O)c(O)c12.[Na+].[Na+].[Na+].[Na+]. The third-order valence-corrected chi connectivity index (χ3v) is 18.0. The van der Waals surface area contributed by atoms with Crippen LogP contribution in [0.2, 0.25) is 0 Å². The molecule has 0 heterocycles. The van der Waals surface area contributed by atoms with Gasteiger partial charge in [-0.3, -0.25) is 18.2 Å². The van der Waals surface area contributed by atoms with Crippen LogP contribution < -0.4 is 130 Å². The molecule has 8 aromatic carbocycles. The van der Waals surface area contributed by atoms with Crippen LogP contribution in [0.1, 0.15) is 0 Å². The smallest absolute Gasteiger partial charge is 0.744 e. The van der Waals surface area contributed by atoms with E-state index < -0.39 is 198 Å². The number of anilines is 2. The molecule has 84 heavy (non-hydrogen) atoms. The minimum absolute atomic E-state index is 0. The van der Waals surface area contributed by atoms with Gasteiger partial charge < -0.3 is 39.9 Å². The Labute approximate surface area is 562 Å². The number of fused-ring (bicyclic) bond motifs is 4. The fourth-order valence-electron chi connectivity index (χ4n) is 7.78. The summed E-state index contributed by atoms with van der Waals surface area (Å²) in [5, 5.41) is 32.1. The van der Waals surface area contributed by atoms with Crippen molar-refractivity contribution in [2.24, 2.45) is 20.5 Å². The number of rotatable bonds is 12. The van der Waals surface area contributed by atoms with Crippen LogP contribution in [0.3, 0.4) is 0 Å². The predicted molar refractivity (Wildman–Crippen MR) is 267 cm³/mol. The maximum absolute atomic E-state index is 12.2. The van der Waals surface area contributed by atoms with E-state index in [1.165, 1.54) is 0 Å². The summed E-state index contributed by atoms with van der Waals surface area (Å²) in [6.07, 6.45) is 0. The molecule has 0 unspecified atom stereocenters. The minimum Gasteiger partial charge on any atom is -0.744 e. The molecule has 10 N–H and O–H groups in total. The van der Waals surface area contributed by atoms with Gasteiger partial charge >= 0.3 is 118 Å². The van der Waals surface area contributed by atoms with E-state index in [9.17, 15) is 114 Å². The number of phenols is 2. The molecular weight excluding hydrogens is 1330 g/mol. The third kappa shape index (κ3) is 15.8. The van der Waals surface area contributed by atoms with Crippen LogP contribution >= 0.6 is 0 Å². The van der Waals surface area contributed by atoms with E-state index in [1.54, 1.807) is 0 Å². The summed E-state index contributed by atoms with van der Waals surface area (Å²) in [7, 11) is -41.3. The molecule has 0 atom stereocenters. The second-order valence-corrected chi connectivity index (χ2v) is 27.0. The van der Waals surface area contributed by atoms with Crippen LogP contribution in [0.25, 0.3) is 43.1 Å². The zero-order valence-corrected chi connectivity index (χ0v) is 56.8. The number of phenolic OH excluding ortho intramolecular Hbond substituents is 2. The molecule has 0 saturated heterocycles. The number of nitrogen functional groups attached to an aromatic ring is 2. The second kappa shape index (κ2) is 26.3. The Morgan fingerprint density at radius 1 is 0.357 bits per heavy atom. The van der Waals surface area contributed by atoms with Crippen molar-refractivity contribution < 1.29 is 232 Å². The summed E-state index contributed by atoms with van der Waals surface area (Å²) >= 11 is 0. The van der Waals surface area contributed by atoms with Crippen molar-refractivity contribution in [1.82, 2.24) is 0 Å². The van der Waals surface area contributed by atoms with Gasteiger partial charge in [-0.05, 0) is 71.4 Å². The van der Waals surface area contributed by atoms with Gasteiger partial charge in [0.1, 0.15) is 82.8 Å². The Morgan fingerprint density at radius 3 is 0.929 bits per heavy atom. The molecule has 0 fully saturated rings. The zero-order chi connectivity index (χ0) is 60.0. The van der Waals surface area contributed by atoms with Crippen molar-refractivity contribution in [2.75, 3.05) is 11.5 Å². The molecule has 0 spiro atoms. The van der Waals surface area contributed by atoms with E-state index >= 15 is 0 Å². The van der Waals surface area contributed by atoms with Crippen molar-refractivity contribution in [3.05, 3.63) is 97.1 Å². The third-order valence-electron chi connectivity index (χ3n) is 10.9. The molecule has 32 nitrogen and oxygen atoms in total. The molecule has 0 aliphatic carbocycles. The Kier molecular flexibility index (Phi) is 23.4. The van der Waals surface area contributed by atoms with E-state index in [0.717, 1.165) is 60.7 Å². The maximum atomic E-state index is 12.2. The molecule has 0 radical (unpaired) electrons. The normalized spacial score (nSPS) is 12.8. The predicted octanol–water partition coefficient (Wildman–Crippen LogP) is -7.99. The molecule has 0 aliphatic rings. The first-order valence-electron chi connectivity index (χ1n) is 20.3. The first-order valence-corrected chi connectivity index (χ1v) is 31.7. The van der Waals surface area contributed by atoms with Crippen LogP contribution in [-0.2, 0) is 80.9 Å². The number of azo groups is 2. The summed E-state index contributed by atoms with van der Waals surface area (Å²) in [5.41, 5.74) is 6.80. The van der Waals surface area contributed by atoms with Gasteiger partial charge in [-0.15, -0.1) is 20.5 Å². The fourth-order valence-corrected chi connectivity index (χ4v) is 13.2. The topological polar surface area (TPSA) is 588 Å². The van der Waals surface area contributed by atoms with Crippen LogP contribution in [0, 0.1) is 0 Å². The summed E-state index contributed by atoms with van der Waals surface area (Å²) in [5.74, 6) is -2.24. The van der Waals surface area contributed by atoms with Crippen molar-refractivity contribution in [3.8, 4) is 11.5 Å². The fraction of sp³-hybridized carbons (Fsp3) is 0. The van der Waals surface area contributed by atoms with Crippen LogP contribution in [0.5, 0.6) is 11.5 Å². The van der Waals surface area contributed by atoms with Crippen LogP contribution in [0.4, 0.5) is 34.1 Å². The van der Waals surface area contributed by atoms with E-state index in [-0.39, 0.29) is 129 Å². The summed E-state index contributed by atoms with van der Waals surface area (Å²) in [4.78, 5) is -7.86. The number of nitrogens with two attached hydrogens (primary N) is 2. The second-order valence-electron chi connectivity index (χ2n) is 16.0. The van der Waals surface area contributed by atoms with Crippen molar-refractivity contribution in [2.45, 2.75) is 39.2 Å². The van der Waals surface area contributed by atoms with E-state index in [2.05, 4.69) is 20.5 Å². The van der Waals surface area contributed by atoms with Crippen molar-refractivity contribution >= 4 is 158 Å². The quantitative estimate of drug-likeness (QED) is 0.0244. The standard InChI is InChI=1S/2C20H15N3O13S4.4Na/c2*21-13-8-10(37(25,26)27)6-9-7-16(39(31,32)33)18(19(24)17(9)13)23-22-14-5-4-11-12(20(14)40(34,35)36)2-1-3-15(11)38(28,29)30;;;;/h2*1-8,24H,21H2,(H,25,26,27)(H,28,29,30)(H,31,32,33)(H,34,35,36);;;;/q;;4*+1/p-4/b2*23-22+;;;;. The number of hydrogen-bond donors (Lipinski definition) is 8. The van der Waals surface area contributed by atoms with Crippen LogP contribution in [0.15, 0.2) is 157 Å². The summed E-state index contributed by atoms with van der Waals surface area (Å²) in [6.45, 7) is 0. The molecule has 0 saturated carbocycles. The molecule has 8 aromatic rings. The Bertz CT molecular complexity index is 4800. The molecule has 0 aliphatic heterocycles. The average molecular weight is 1360 g/mol. The number of hydrogen-bond acceptors (Lipinski definition) is 28. The maximum Gasteiger partial charge on any atom is 1.00 e. The molecular formula is C40H26N6Na4O26S8. The molecule has 0 aromatic heterocycles. The van der Waals surface area contributed by atoms with Crippen LogP contribution in [-0.4, -0.2) is 114 Å². The van der Waals surface area contributed by atoms with Gasteiger partial charge in [-0.1, -0.05) is 36.4 Å². The molecule has 0 bridgehead atoms. The Morgan fingerprint density at radius 2 is 0.667 bits per heavy atom. The largest absolute Gasteiger partial charge is 1.00 e. The molecule has 44 heteroatoms. The summed E-state index contributed by atoms with van der Waals surface area (Å²) in [6, 6.07) is 13.4. The van der Waals surface area contributed by atoms with Gasteiger partial charge in [0.05, 0.1) is 19.6 Å². The first-order chi connectivity index (χ1) is 36.4. The van der Waals surface area contributed by atoms with E-state index in [0.29, 0.717) is 36.4 Å². The average Bonchev–Trinajstić information content (AvgIpc) is 3.29. The molecule has 424 valence electrons. The van der Waals surface area contributed by atoms with Gasteiger partial charge in [0.2, 0.25) is 0 Å². The Hall–Kier alpha value is -3.52. The van der Waals surface area contributed by atoms with Gasteiger partial charge in [0.25, 0.3) is 40.5 Å². The minimum atomic E-state index is -5.50. The monoisotopic (exact) mass is 1350 g/mol. The van der Waals surface area contributed by atoms with Gasteiger partial charge in [0.15, 0.2) is 11.5 Å². The Balaban J connectivity index is 0.000000420. The number of benzene rings is 8. The van der Waals surface area contributed by atoms with E-state index in [4.69, 9.17) is 11.5 Å². The van der Waals surface area contributed by atoms with Gasteiger partial charge in [-0.25, -0.2) is 33.7 Å². The molecule has 0 amide bonds. The first kappa shape index (κ1) is 74.7. The van der Waals surface area contributed by atoms with E-state index in [1.807, 2.05) is 0 Å². The van der Waals surface area contributed by atoms with Crippen molar-refractivity contribution in [3.63, 3.8) is 0 Å². The number of nitrogens with zero attached hydrogens (tertiary/aromatic N) is 4.